The Labute approximate surface area is 113 Å². The second-order valence-corrected chi connectivity index (χ2v) is 4.07. The Morgan fingerprint density at radius 2 is 2.15 bits per heavy atom. The predicted molar refractivity (Wildman–Crippen MR) is 68.0 cm³/mol. The number of pyridine rings is 1. The van der Waals surface area contributed by atoms with Gasteiger partial charge in [0.15, 0.2) is 0 Å². The maximum Gasteiger partial charge on any atom is 0.314 e. The number of halogens is 1. The van der Waals surface area contributed by atoms with Crippen LogP contribution in [0.25, 0.3) is 0 Å². The van der Waals surface area contributed by atoms with Crippen LogP contribution in [0.2, 0.25) is 0 Å². The lowest BCUT2D eigenvalue weighted by Crippen LogP contribution is -1.97. The fourth-order valence-corrected chi connectivity index (χ4v) is 1.55. The summed E-state index contributed by atoms with van der Waals surface area (Å²) < 4.78 is 18.3. The number of aliphatic hydroxyl groups is 1. The van der Waals surface area contributed by atoms with E-state index < -0.39 is 22.5 Å². The van der Waals surface area contributed by atoms with Crippen LogP contribution in [-0.4, -0.2) is 15.0 Å². The molecule has 0 spiro atoms. The van der Waals surface area contributed by atoms with E-state index in [1.807, 2.05) is 0 Å². The lowest BCUT2D eigenvalue weighted by atomic mass is 10.2. The van der Waals surface area contributed by atoms with Gasteiger partial charge < -0.3 is 9.84 Å². The molecule has 0 bridgehead atoms. The summed E-state index contributed by atoms with van der Waals surface area (Å²) >= 11 is 0. The first kappa shape index (κ1) is 13.9. The lowest BCUT2D eigenvalue weighted by molar-refractivity contribution is -0.385. The van der Waals surface area contributed by atoms with E-state index in [0.717, 1.165) is 12.1 Å². The highest BCUT2D eigenvalue weighted by Crippen LogP contribution is 2.31. The van der Waals surface area contributed by atoms with Gasteiger partial charge >= 0.3 is 5.69 Å². The summed E-state index contributed by atoms with van der Waals surface area (Å²) in [6, 6.07) is 6.08. The molecule has 0 aliphatic carbocycles. The molecule has 0 amide bonds. The molecule has 1 aromatic carbocycles. The molecule has 0 saturated heterocycles. The summed E-state index contributed by atoms with van der Waals surface area (Å²) in [6.45, 7) is 1.56. The smallest absolute Gasteiger partial charge is 0.314 e. The average Bonchev–Trinajstić information content (AvgIpc) is 2.41. The Bertz CT molecular complexity index is 629. The lowest BCUT2D eigenvalue weighted by Gasteiger charge is -2.07. The first-order chi connectivity index (χ1) is 9.47. The summed E-state index contributed by atoms with van der Waals surface area (Å²) in [5.41, 5.74) is -0.0180. The molecule has 1 N–H and O–H groups in total. The number of aromatic nitrogens is 1. The third-order valence-electron chi connectivity index (χ3n) is 2.53. The van der Waals surface area contributed by atoms with E-state index in [2.05, 4.69) is 4.98 Å². The van der Waals surface area contributed by atoms with Gasteiger partial charge in [-0.25, -0.2) is 4.39 Å². The topological polar surface area (TPSA) is 85.5 Å². The minimum Gasteiger partial charge on any atom is -0.449 e. The van der Waals surface area contributed by atoms with E-state index in [1.54, 1.807) is 6.92 Å². The zero-order valence-corrected chi connectivity index (χ0v) is 10.5. The molecular formula is C13H11FN2O4. The van der Waals surface area contributed by atoms with Gasteiger partial charge in [-0.3, -0.25) is 15.1 Å². The van der Waals surface area contributed by atoms with Gasteiger partial charge in [-0.05, 0) is 31.2 Å². The van der Waals surface area contributed by atoms with E-state index >= 15 is 0 Å². The van der Waals surface area contributed by atoms with E-state index in [9.17, 15) is 19.6 Å². The van der Waals surface area contributed by atoms with E-state index in [4.69, 9.17) is 4.74 Å². The van der Waals surface area contributed by atoms with Gasteiger partial charge in [0, 0.05) is 0 Å². The molecule has 20 heavy (non-hydrogen) atoms. The van der Waals surface area contributed by atoms with Crippen molar-refractivity contribution >= 4 is 5.69 Å². The second-order valence-electron chi connectivity index (χ2n) is 4.07. The number of nitro groups is 1. The minimum absolute atomic E-state index is 0.0806. The Morgan fingerprint density at radius 1 is 1.40 bits per heavy atom. The molecule has 0 aliphatic heterocycles. The highest BCUT2D eigenvalue weighted by Gasteiger charge is 2.17. The number of aliphatic hydroxyl groups excluding tert-OH is 1. The minimum atomic E-state index is -0.726. The highest BCUT2D eigenvalue weighted by atomic mass is 19.1. The molecule has 104 valence electrons. The average molecular weight is 278 g/mol. The number of benzene rings is 1. The zero-order valence-electron chi connectivity index (χ0n) is 10.5. The van der Waals surface area contributed by atoms with E-state index in [1.165, 1.54) is 24.4 Å². The standard InChI is InChI=1S/C13H11FN2O4/c1-8(17)11-4-3-10(7-15-11)20-13-5-2-9(14)6-12(13)16(18)19/h2-8,17H,1H3. The SMILES string of the molecule is CC(O)c1ccc(Oc2ccc(F)cc2[N+](=O)[O-])cn1. The van der Waals surface area contributed by atoms with Crippen LogP contribution in [0.5, 0.6) is 11.5 Å². The third kappa shape index (κ3) is 3.07. The number of hydrogen-bond donors (Lipinski definition) is 1. The van der Waals surface area contributed by atoms with Gasteiger partial charge in [0.2, 0.25) is 5.75 Å². The van der Waals surface area contributed by atoms with Crippen molar-refractivity contribution in [3.05, 3.63) is 58.2 Å². The summed E-state index contributed by atoms with van der Waals surface area (Å²) in [6.07, 6.45) is 0.610. The monoisotopic (exact) mass is 278 g/mol. The van der Waals surface area contributed by atoms with Gasteiger partial charge in [0.1, 0.15) is 11.6 Å². The molecule has 6 nitrogen and oxygen atoms in total. The van der Waals surface area contributed by atoms with Crippen LogP contribution in [-0.2, 0) is 0 Å². The molecule has 0 aliphatic rings. The van der Waals surface area contributed by atoms with Gasteiger partial charge in [-0.2, -0.15) is 0 Å². The first-order valence-electron chi connectivity index (χ1n) is 5.73. The molecule has 1 aromatic heterocycles. The molecular weight excluding hydrogens is 267 g/mol. The Kier molecular flexibility index (Phi) is 3.90. The van der Waals surface area contributed by atoms with Crippen molar-refractivity contribution in [1.29, 1.82) is 0 Å². The van der Waals surface area contributed by atoms with Crippen molar-refractivity contribution in [3.63, 3.8) is 0 Å². The maximum absolute atomic E-state index is 13.0. The van der Waals surface area contributed by atoms with Gasteiger partial charge in [-0.15, -0.1) is 0 Å². The molecule has 0 fully saturated rings. The molecule has 1 unspecified atom stereocenters. The van der Waals surface area contributed by atoms with E-state index in [0.29, 0.717) is 5.69 Å². The third-order valence-corrected chi connectivity index (χ3v) is 2.53. The summed E-state index contributed by atoms with van der Waals surface area (Å²) in [7, 11) is 0. The number of ether oxygens (including phenoxy) is 1. The fraction of sp³-hybridized carbons (Fsp3) is 0.154. The van der Waals surface area contributed by atoms with Crippen molar-refractivity contribution in [3.8, 4) is 11.5 Å². The molecule has 2 rings (SSSR count). The molecule has 1 atom stereocenters. The van der Waals surface area contributed by atoms with Crippen LogP contribution in [0, 0.1) is 15.9 Å². The van der Waals surface area contributed by atoms with Crippen LogP contribution in [0.1, 0.15) is 18.7 Å². The Balaban J connectivity index is 2.28. The number of nitro benzene ring substituents is 1. The van der Waals surface area contributed by atoms with Crippen molar-refractivity contribution in [2.45, 2.75) is 13.0 Å². The normalized spacial score (nSPS) is 11.9. The number of rotatable bonds is 4. The molecule has 1 heterocycles. The van der Waals surface area contributed by atoms with Crippen LogP contribution in [0.4, 0.5) is 10.1 Å². The molecule has 0 radical (unpaired) electrons. The summed E-state index contributed by atoms with van der Waals surface area (Å²) in [4.78, 5) is 14.0. The Hall–Kier alpha value is -2.54. The van der Waals surface area contributed by atoms with Crippen molar-refractivity contribution in [2.75, 3.05) is 0 Å². The van der Waals surface area contributed by atoms with Crippen LogP contribution >= 0.6 is 0 Å². The number of hydrogen-bond acceptors (Lipinski definition) is 5. The summed E-state index contributed by atoms with van der Waals surface area (Å²) in [5.74, 6) is -0.543. The Morgan fingerprint density at radius 3 is 2.70 bits per heavy atom. The van der Waals surface area contributed by atoms with Gasteiger partial charge in [0.25, 0.3) is 0 Å². The first-order valence-corrected chi connectivity index (χ1v) is 5.73. The maximum atomic E-state index is 13.0. The van der Waals surface area contributed by atoms with E-state index in [-0.39, 0.29) is 11.5 Å². The van der Waals surface area contributed by atoms with Gasteiger partial charge in [-0.1, -0.05) is 0 Å². The molecule has 7 heteroatoms. The zero-order chi connectivity index (χ0) is 14.7. The fourth-order valence-electron chi connectivity index (χ4n) is 1.55. The molecule has 2 aromatic rings. The van der Waals surface area contributed by atoms with Crippen molar-refractivity contribution in [2.24, 2.45) is 0 Å². The molecule has 0 saturated carbocycles. The van der Waals surface area contributed by atoms with Crippen LogP contribution in [0.15, 0.2) is 36.5 Å². The highest BCUT2D eigenvalue weighted by molar-refractivity contribution is 5.48. The van der Waals surface area contributed by atoms with Crippen molar-refractivity contribution < 1.29 is 19.2 Å². The quantitative estimate of drug-likeness (QED) is 0.686. The van der Waals surface area contributed by atoms with Gasteiger partial charge in [0.05, 0.1) is 29.0 Å². The van der Waals surface area contributed by atoms with Crippen LogP contribution in [0.3, 0.4) is 0 Å². The van der Waals surface area contributed by atoms with Crippen molar-refractivity contribution in [1.82, 2.24) is 4.98 Å². The predicted octanol–water partition coefficient (Wildman–Crippen LogP) is 2.97. The summed E-state index contributed by atoms with van der Waals surface area (Å²) in [5, 5.41) is 20.1. The number of nitrogens with zero attached hydrogens (tertiary/aromatic N) is 2. The second kappa shape index (κ2) is 5.62. The largest absolute Gasteiger partial charge is 0.449 e. The van der Waals surface area contributed by atoms with Crippen LogP contribution < -0.4 is 4.74 Å².